The Morgan fingerprint density at radius 1 is 1.45 bits per heavy atom. The van der Waals surface area contributed by atoms with Crippen LogP contribution in [0.15, 0.2) is 0 Å². The minimum atomic E-state index is -1.14. The van der Waals surface area contributed by atoms with Crippen molar-refractivity contribution in [3.8, 4) is 0 Å². The molecule has 4 nitrogen and oxygen atoms in total. The molecule has 66 valence electrons. The molecule has 0 spiro atoms. The predicted octanol–water partition coefficient (Wildman–Crippen LogP) is -0.507. The Kier molecular flexibility index (Phi) is 2.84. The molecule has 0 saturated carbocycles. The van der Waals surface area contributed by atoms with E-state index in [0.29, 0.717) is 6.61 Å². The van der Waals surface area contributed by atoms with Gasteiger partial charge < -0.3 is 19.7 Å². The van der Waals surface area contributed by atoms with Crippen LogP contribution in [0, 0.1) is 0 Å². The van der Waals surface area contributed by atoms with Crippen LogP contribution >= 0.6 is 0 Å². The average molecular weight is 162 g/mol. The molecule has 1 atom stereocenters. The van der Waals surface area contributed by atoms with Crippen molar-refractivity contribution in [3.63, 3.8) is 0 Å². The number of ether oxygens (including phenoxy) is 2. The fraction of sp³-hybridized carbons (Fsp3) is 1.00. The summed E-state index contributed by atoms with van der Waals surface area (Å²) in [5.74, 6) is -1.14. The van der Waals surface area contributed by atoms with Crippen molar-refractivity contribution in [2.75, 3.05) is 19.8 Å². The van der Waals surface area contributed by atoms with Crippen molar-refractivity contribution in [3.05, 3.63) is 0 Å². The van der Waals surface area contributed by atoms with Gasteiger partial charge in [-0.15, -0.1) is 0 Å². The summed E-state index contributed by atoms with van der Waals surface area (Å²) in [6.07, 6.45) is 0.844. The van der Waals surface area contributed by atoms with Gasteiger partial charge in [-0.2, -0.15) is 0 Å². The van der Waals surface area contributed by atoms with Crippen molar-refractivity contribution < 1.29 is 19.7 Å². The third-order valence-corrected chi connectivity index (χ3v) is 1.85. The van der Waals surface area contributed by atoms with Crippen molar-refractivity contribution in [1.29, 1.82) is 0 Å². The van der Waals surface area contributed by atoms with Gasteiger partial charge in [-0.25, -0.2) is 0 Å². The van der Waals surface area contributed by atoms with Crippen LogP contribution in [0.25, 0.3) is 0 Å². The molecule has 1 rings (SSSR count). The molecule has 0 aromatic rings. The van der Waals surface area contributed by atoms with Crippen LogP contribution in [0.4, 0.5) is 0 Å². The molecule has 2 N–H and O–H groups in total. The molecule has 0 bridgehead atoms. The first-order valence-corrected chi connectivity index (χ1v) is 3.80. The predicted molar refractivity (Wildman–Crippen MR) is 38.0 cm³/mol. The molecule has 1 unspecified atom stereocenters. The molecule has 1 fully saturated rings. The van der Waals surface area contributed by atoms with E-state index < -0.39 is 5.79 Å². The van der Waals surface area contributed by atoms with Gasteiger partial charge in [0.2, 0.25) is 5.79 Å². The van der Waals surface area contributed by atoms with Gasteiger partial charge >= 0.3 is 0 Å². The van der Waals surface area contributed by atoms with E-state index in [1.807, 2.05) is 6.92 Å². The molecule has 4 heteroatoms. The lowest BCUT2D eigenvalue weighted by Gasteiger charge is -2.22. The van der Waals surface area contributed by atoms with E-state index in [2.05, 4.69) is 0 Å². The zero-order valence-electron chi connectivity index (χ0n) is 6.62. The fourth-order valence-corrected chi connectivity index (χ4v) is 1.03. The number of aliphatic hydroxyl groups is 2. The van der Waals surface area contributed by atoms with E-state index >= 15 is 0 Å². The molecule has 0 amide bonds. The summed E-state index contributed by atoms with van der Waals surface area (Å²) in [7, 11) is 0. The molecule has 0 aromatic heterocycles. The van der Waals surface area contributed by atoms with E-state index in [0.717, 1.165) is 6.42 Å². The Bertz CT molecular complexity index is 122. The molecule has 0 radical (unpaired) electrons. The topological polar surface area (TPSA) is 58.9 Å². The van der Waals surface area contributed by atoms with Gasteiger partial charge in [0.25, 0.3) is 0 Å². The quantitative estimate of drug-likeness (QED) is 0.587. The van der Waals surface area contributed by atoms with E-state index in [1.54, 1.807) is 0 Å². The highest BCUT2D eigenvalue weighted by Gasteiger charge is 2.39. The molecule has 0 aromatic carbocycles. The van der Waals surface area contributed by atoms with Crippen LogP contribution in [0.3, 0.4) is 0 Å². The lowest BCUT2D eigenvalue weighted by molar-refractivity contribution is -0.213. The maximum atomic E-state index is 8.82. The Hall–Kier alpha value is -0.160. The summed E-state index contributed by atoms with van der Waals surface area (Å²) in [6.45, 7) is 1.84. The second-order valence-corrected chi connectivity index (χ2v) is 2.69. The molecule has 1 aliphatic heterocycles. The third-order valence-electron chi connectivity index (χ3n) is 1.85. The van der Waals surface area contributed by atoms with Crippen LogP contribution in [-0.2, 0) is 9.47 Å². The van der Waals surface area contributed by atoms with Gasteiger partial charge in [0.1, 0.15) is 0 Å². The first-order chi connectivity index (χ1) is 5.26. The van der Waals surface area contributed by atoms with Crippen molar-refractivity contribution in [1.82, 2.24) is 0 Å². The maximum Gasteiger partial charge on any atom is 0.215 e. The van der Waals surface area contributed by atoms with E-state index in [4.69, 9.17) is 19.7 Å². The second-order valence-electron chi connectivity index (χ2n) is 2.69. The highest BCUT2D eigenvalue weighted by atomic mass is 16.8. The normalized spacial score (nSPS) is 29.2. The van der Waals surface area contributed by atoms with Crippen molar-refractivity contribution >= 4 is 0 Å². The highest BCUT2D eigenvalue weighted by molar-refractivity contribution is 4.76. The van der Waals surface area contributed by atoms with Gasteiger partial charge in [-0.05, 0) is 6.42 Å². The molecular weight excluding hydrogens is 148 g/mol. The average Bonchev–Trinajstić information content (AvgIpc) is 2.49. The lowest BCUT2D eigenvalue weighted by atomic mass is 10.3. The summed E-state index contributed by atoms with van der Waals surface area (Å²) < 4.78 is 10.4. The molecular formula is C7H14O4. The number of rotatable bonds is 3. The van der Waals surface area contributed by atoms with Gasteiger partial charge in [0.15, 0.2) is 0 Å². The van der Waals surface area contributed by atoms with Crippen LogP contribution in [0.1, 0.15) is 13.3 Å². The minimum Gasteiger partial charge on any atom is -0.391 e. The van der Waals surface area contributed by atoms with E-state index in [-0.39, 0.29) is 19.3 Å². The van der Waals surface area contributed by atoms with Crippen LogP contribution in [-0.4, -0.2) is 41.9 Å². The maximum absolute atomic E-state index is 8.82. The molecule has 0 aliphatic carbocycles. The van der Waals surface area contributed by atoms with E-state index in [9.17, 15) is 0 Å². The van der Waals surface area contributed by atoms with E-state index in [1.165, 1.54) is 0 Å². The van der Waals surface area contributed by atoms with Crippen molar-refractivity contribution in [2.24, 2.45) is 0 Å². The number of hydrogen-bond acceptors (Lipinski definition) is 4. The standard InChI is InChI=1S/C7H14O4/c1-2-6-3-10-7(4-8,5-9)11-6/h6,8-9H,2-5H2,1H3. The first kappa shape index (κ1) is 8.93. The molecule has 1 aliphatic rings. The Labute approximate surface area is 65.7 Å². The third kappa shape index (κ3) is 1.70. The van der Waals surface area contributed by atoms with Gasteiger partial charge in [-0.1, -0.05) is 6.92 Å². The zero-order valence-corrected chi connectivity index (χ0v) is 6.62. The number of aliphatic hydroxyl groups excluding tert-OH is 2. The largest absolute Gasteiger partial charge is 0.391 e. The fourth-order valence-electron chi connectivity index (χ4n) is 1.03. The van der Waals surface area contributed by atoms with Gasteiger partial charge in [0, 0.05) is 0 Å². The summed E-state index contributed by atoms with van der Waals surface area (Å²) >= 11 is 0. The summed E-state index contributed by atoms with van der Waals surface area (Å²) in [6, 6.07) is 0. The monoisotopic (exact) mass is 162 g/mol. The van der Waals surface area contributed by atoms with Crippen molar-refractivity contribution in [2.45, 2.75) is 25.2 Å². The van der Waals surface area contributed by atoms with Gasteiger partial charge in [-0.3, -0.25) is 0 Å². The lowest BCUT2D eigenvalue weighted by Crippen LogP contribution is -2.39. The molecule has 1 saturated heterocycles. The zero-order chi connectivity index (χ0) is 8.32. The smallest absolute Gasteiger partial charge is 0.215 e. The first-order valence-electron chi connectivity index (χ1n) is 3.80. The molecule has 1 heterocycles. The van der Waals surface area contributed by atoms with Gasteiger partial charge in [0.05, 0.1) is 25.9 Å². The van der Waals surface area contributed by atoms with Crippen LogP contribution in [0.2, 0.25) is 0 Å². The Balaban J connectivity index is 2.48. The Morgan fingerprint density at radius 2 is 2.09 bits per heavy atom. The molecule has 11 heavy (non-hydrogen) atoms. The SMILES string of the molecule is CCC1COC(CO)(CO)O1. The van der Waals surface area contributed by atoms with Crippen LogP contribution in [0.5, 0.6) is 0 Å². The summed E-state index contributed by atoms with van der Waals surface area (Å²) in [5, 5.41) is 17.6. The Morgan fingerprint density at radius 3 is 2.36 bits per heavy atom. The summed E-state index contributed by atoms with van der Waals surface area (Å²) in [4.78, 5) is 0. The second kappa shape index (κ2) is 3.49. The minimum absolute atomic E-state index is 0.00861. The summed E-state index contributed by atoms with van der Waals surface area (Å²) in [5.41, 5.74) is 0. The van der Waals surface area contributed by atoms with Crippen LogP contribution < -0.4 is 0 Å². The number of hydrogen-bond donors (Lipinski definition) is 2. The highest BCUT2D eigenvalue weighted by Crippen LogP contribution is 2.24.